The van der Waals surface area contributed by atoms with Crippen LogP contribution in [0.15, 0.2) is 35.9 Å². The second kappa shape index (κ2) is 7.07. The van der Waals surface area contributed by atoms with Gasteiger partial charge in [0.25, 0.3) is 0 Å². The lowest BCUT2D eigenvalue weighted by Crippen LogP contribution is -2.17. The van der Waals surface area contributed by atoms with Crippen LogP contribution in [0.4, 0.5) is 0 Å². The highest BCUT2D eigenvalue weighted by Gasteiger charge is 1.99. The third kappa shape index (κ3) is 4.49. The molecule has 0 aromatic heterocycles. The molecule has 1 aromatic rings. The standard InChI is InChI=1S/C14H21NO/c1-12(2)8-10-15-11-9-13-6-4-5-7-14(13)16-3/h4-8,15H,9-11H2,1-3H3. The van der Waals surface area contributed by atoms with Crippen molar-refractivity contribution in [1.82, 2.24) is 5.32 Å². The van der Waals surface area contributed by atoms with E-state index in [9.17, 15) is 0 Å². The molecule has 16 heavy (non-hydrogen) atoms. The maximum absolute atomic E-state index is 5.30. The van der Waals surface area contributed by atoms with Gasteiger partial charge in [0.2, 0.25) is 0 Å². The Bertz CT molecular complexity index is 340. The van der Waals surface area contributed by atoms with Crippen LogP contribution in [0.5, 0.6) is 5.75 Å². The van der Waals surface area contributed by atoms with E-state index in [0.29, 0.717) is 0 Å². The Kier molecular flexibility index (Phi) is 5.65. The van der Waals surface area contributed by atoms with Gasteiger partial charge in [-0.05, 0) is 38.4 Å². The summed E-state index contributed by atoms with van der Waals surface area (Å²) in [5, 5.41) is 3.38. The normalized spacial score (nSPS) is 9.94. The summed E-state index contributed by atoms with van der Waals surface area (Å²) in [6.45, 7) is 6.14. The van der Waals surface area contributed by atoms with Crippen LogP contribution in [-0.2, 0) is 6.42 Å². The molecule has 0 atom stereocenters. The second-order valence-electron chi connectivity index (χ2n) is 4.05. The van der Waals surface area contributed by atoms with Gasteiger partial charge in [-0.3, -0.25) is 0 Å². The molecule has 0 fully saturated rings. The molecule has 0 amide bonds. The molecule has 1 N–H and O–H groups in total. The van der Waals surface area contributed by atoms with E-state index in [1.54, 1.807) is 7.11 Å². The first-order valence-electron chi connectivity index (χ1n) is 5.70. The van der Waals surface area contributed by atoms with Crippen molar-refractivity contribution in [3.63, 3.8) is 0 Å². The van der Waals surface area contributed by atoms with Crippen molar-refractivity contribution in [2.45, 2.75) is 20.3 Å². The monoisotopic (exact) mass is 219 g/mol. The quantitative estimate of drug-likeness (QED) is 0.587. The van der Waals surface area contributed by atoms with Crippen molar-refractivity contribution < 1.29 is 4.74 Å². The van der Waals surface area contributed by atoms with Gasteiger partial charge in [-0.25, -0.2) is 0 Å². The maximum Gasteiger partial charge on any atom is 0.122 e. The number of para-hydroxylation sites is 1. The Morgan fingerprint density at radius 2 is 2.06 bits per heavy atom. The zero-order valence-corrected chi connectivity index (χ0v) is 10.4. The average molecular weight is 219 g/mol. The molecule has 0 radical (unpaired) electrons. The average Bonchev–Trinajstić information content (AvgIpc) is 2.29. The number of rotatable bonds is 6. The van der Waals surface area contributed by atoms with Gasteiger partial charge in [0.05, 0.1) is 7.11 Å². The lowest BCUT2D eigenvalue weighted by Gasteiger charge is -2.08. The molecule has 0 aliphatic rings. The van der Waals surface area contributed by atoms with E-state index in [1.807, 2.05) is 18.2 Å². The molecular formula is C14H21NO. The molecular weight excluding hydrogens is 198 g/mol. The van der Waals surface area contributed by atoms with E-state index in [4.69, 9.17) is 4.74 Å². The second-order valence-corrected chi connectivity index (χ2v) is 4.05. The molecule has 2 nitrogen and oxygen atoms in total. The van der Waals surface area contributed by atoms with Gasteiger partial charge in [0.1, 0.15) is 5.75 Å². The summed E-state index contributed by atoms with van der Waals surface area (Å²) in [5.41, 5.74) is 2.61. The predicted molar refractivity (Wildman–Crippen MR) is 69.0 cm³/mol. The van der Waals surface area contributed by atoms with Crippen molar-refractivity contribution in [1.29, 1.82) is 0 Å². The minimum Gasteiger partial charge on any atom is -0.496 e. The van der Waals surface area contributed by atoms with Crippen LogP contribution in [0, 0.1) is 0 Å². The van der Waals surface area contributed by atoms with Gasteiger partial charge in [0, 0.05) is 6.54 Å². The van der Waals surface area contributed by atoms with Crippen LogP contribution in [0.25, 0.3) is 0 Å². The van der Waals surface area contributed by atoms with Gasteiger partial charge >= 0.3 is 0 Å². The van der Waals surface area contributed by atoms with E-state index in [0.717, 1.165) is 25.3 Å². The van der Waals surface area contributed by atoms with E-state index in [-0.39, 0.29) is 0 Å². The predicted octanol–water partition coefficient (Wildman–Crippen LogP) is 2.79. The first-order chi connectivity index (χ1) is 7.74. The number of nitrogens with one attached hydrogen (secondary N) is 1. The van der Waals surface area contributed by atoms with Crippen LogP contribution in [-0.4, -0.2) is 20.2 Å². The van der Waals surface area contributed by atoms with Crippen LogP contribution in [0.2, 0.25) is 0 Å². The van der Waals surface area contributed by atoms with E-state index in [2.05, 4.69) is 31.3 Å². The van der Waals surface area contributed by atoms with E-state index >= 15 is 0 Å². The summed E-state index contributed by atoms with van der Waals surface area (Å²) in [4.78, 5) is 0. The van der Waals surface area contributed by atoms with Gasteiger partial charge in [-0.2, -0.15) is 0 Å². The molecule has 0 saturated heterocycles. The lowest BCUT2D eigenvalue weighted by molar-refractivity contribution is 0.409. The van der Waals surface area contributed by atoms with Crippen molar-refractivity contribution in [2.24, 2.45) is 0 Å². The molecule has 0 saturated carbocycles. The minimum absolute atomic E-state index is 0.942. The molecule has 2 heteroatoms. The zero-order chi connectivity index (χ0) is 11.8. The minimum atomic E-state index is 0.942. The topological polar surface area (TPSA) is 21.3 Å². The van der Waals surface area contributed by atoms with Crippen LogP contribution >= 0.6 is 0 Å². The van der Waals surface area contributed by atoms with Gasteiger partial charge in [-0.15, -0.1) is 0 Å². The maximum atomic E-state index is 5.30. The largest absolute Gasteiger partial charge is 0.496 e. The number of ether oxygens (including phenoxy) is 1. The summed E-state index contributed by atoms with van der Waals surface area (Å²) in [6, 6.07) is 8.17. The molecule has 0 bridgehead atoms. The lowest BCUT2D eigenvalue weighted by atomic mass is 10.1. The first-order valence-corrected chi connectivity index (χ1v) is 5.70. The van der Waals surface area contributed by atoms with Crippen molar-refractivity contribution in [2.75, 3.05) is 20.2 Å². The van der Waals surface area contributed by atoms with E-state index < -0.39 is 0 Å². The molecule has 0 heterocycles. The zero-order valence-electron chi connectivity index (χ0n) is 10.4. The van der Waals surface area contributed by atoms with Gasteiger partial charge < -0.3 is 10.1 Å². The number of hydrogen-bond acceptors (Lipinski definition) is 2. The summed E-state index contributed by atoms with van der Waals surface area (Å²) in [6.07, 6.45) is 3.20. The Morgan fingerprint density at radius 1 is 1.31 bits per heavy atom. The molecule has 0 unspecified atom stereocenters. The van der Waals surface area contributed by atoms with Crippen LogP contribution < -0.4 is 10.1 Å². The first kappa shape index (κ1) is 12.8. The van der Waals surface area contributed by atoms with E-state index in [1.165, 1.54) is 11.1 Å². The third-order valence-corrected chi connectivity index (χ3v) is 2.42. The smallest absolute Gasteiger partial charge is 0.122 e. The summed E-state index contributed by atoms with van der Waals surface area (Å²) >= 11 is 0. The highest BCUT2D eigenvalue weighted by atomic mass is 16.5. The number of methoxy groups -OCH3 is 1. The van der Waals surface area contributed by atoms with Crippen LogP contribution in [0.1, 0.15) is 19.4 Å². The fourth-order valence-corrected chi connectivity index (χ4v) is 1.51. The molecule has 0 aliphatic carbocycles. The number of allylic oxidation sites excluding steroid dienone is 1. The molecule has 0 spiro atoms. The van der Waals surface area contributed by atoms with Crippen molar-refractivity contribution in [3.05, 3.63) is 41.5 Å². The molecule has 88 valence electrons. The van der Waals surface area contributed by atoms with Crippen molar-refractivity contribution >= 4 is 0 Å². The third-order valence-electron chi connectivity index (χ3n) is 2.42. The van der Waals surface area contributed by atoms with Crippen molar-refractivity contribution in [3.8, 4) is 5.75 Å². The fraction of sp³-hybridized carbons (Fsp3) is 0.429. The number of benzene rings is 1. The summed E-state index contributed by atoms with van der Waals surface area (Å²) in [7, 11) is 1.72. The molecule has 1 aromatic carbocycles. The SMILES string of the molecule is COc1ccccc1CCNCC=C(C)C. The Hall–Kier alpha value is -1.28. The Balaban J connectivity index is 2.34. The fourth-order valence-electron chi connectivity index (χ4n) is 1.51. The van der Waals surface area contributed by atoms with Crippen LogP contribution in [0.3, 0.4) is 0 Å². The summed E-state index contributed by atoms with van der Waals surface area (Å²) < 4.78 is 5.30. The highest BCUT2D eigenvalue weighted by Crippen LogP contribution is 2.17. The highest BCUT2D eigenvalue weighted by molar-refractivity contribution is 5.33. The summed E-state index contributed by atoms with van der Waals surface area (Å²) in [5.74, 6) is 0.978. The van der Waals surface area contributed by atoms with Gasteiger partial charge in [0.15, 0.2) is 0 Å². The number of hydrogen-bond donors (Lipinski definition) is 1. The Labute approximate surface area is 98.3 Å². The molecule has 1 rings (SSSR count). The van der Waals surface area contributed by atoms with Gasteiger partial charge in [-0.1, -0.05) is 29.8 Å². The molecule has 0 aliphatic heterocycles. The Morgan fingerprint density at radius 3 is 2.75 bits per heavy atom.